The molecule has 0 saturated carbocycles. The highest BCUT2D eigenvalue weighted by Crippen LogP contribution is 2.40. The van der Waals surface area contributed by atoms with Crippen LogP contribution in [0.15, 0.2) is 54.6 Å². The maximum absolute atomic E-state index is 12.2. The van der Waals surface area contributed by atoms with Crippen LogP contribution in [0.3, 0.4) is 0 Å². The molecule has 0 spiro atoms. The van der Waals surface area contributed by atoms with Crippen molar-refractivity contribution in [2.24, 2.45) is 0 Å². The molecule has 3 rings (SSSR count). The number of hydrogen-bond donors (Lipinski definition) is 2. The molecule has 96 valence electrons. The van der Waals surface area contributed by atoms with E-state index in [1.54, 1.807) is 54.6 Å². The molecule has 2 aromatic carbocycles. The molecule has 0 amide bonds. The van der Waals surface area contributed by atoms with Gasteiger partial charge in [-0.1, -0.05) is 48.5 Å². The Balaban J connectivity index is 2.13. The molecule has 2 aromatic rings. The van der Waals surface area contributed by atoms with E-state index in [9.17, 15) is 15.0 Å². The van der Waals surface area contributed by atoms with Gasteiger partial charge in [0.1, 0.15) is 11.9 Å². The molecule has 2 N–H and O–H groups in total. The zero-order valence-corrected chi connectivity index (χ0v) is 9.98. The number of ketones is 1. The molecule has 4 nitrogen and oxygen atoms in total. The average molecular weight is 256 g/mol. The van der Waals surface area contributed by atoms with Crippen LogP contribution in [0.1, 0.15) is 17.2 Å². The van der Waals surface area contributed by atoms with Gasteiger partial charge in [-0.3, -0.25) is 4.79 Å². The molecule has 0 fully saturated rings. The Morgan fingerprint density at radius 1 is 1.00 bits per heavy atom. The second-order valence-electron chi connectivity index (χ2n) is 4.42. The number of hydrogen-bond acceptors (Lipinski definition) is 4. The lowest BCUT2D eigenvalue weighted by Crippen LogP contribution is -2.47. The van der Waals surface area contributed by atoms with Crippen molar-refractivity contribution in [3.8, 4) is 5.75 Å². The summed E-state index contributed by atoms with van der Waals surface area (Å²) in [6.07, 6.45) is -1.39. The predicted molar refractivity (Wildman–Crippen MR) is 67.4 cm³/mol. The first kappa shape index (κ1) is 11.9. The minimum absolute atomic E-state index is 0.300. The molecular weight excluding hydrogens is 244 g/mol. The molecule has 0 saturated heterocycles. The summed E-state index contributed by atoms with van der Waals surface area (Å²) in [7, 11) is 0. The fraction of sp³-hybridized carbons (Fsp3) is 0.133. The summed E-state index contributed by atoms with van der Waals surface area (Å²) in [5.74, 6) is -2.62. The Kier molecular flexibility index (Phi) is 2.62. The van der Waals surface area contributed by atoms with Gasteiger partial charge >= 0.3 is 0 Å². The monoisotopic (exact) mass is 256 g/mol. The molecule has 4 heteroatoms. The highest BCUT2D eigenvalue weighted by atomic mass is 16.6. The summed E-state index contributed by atoms with van der Waals surface area (Å²) in [6.45, 7) is 0. The summed E-state index contributed by atoms with van der Waals surface area (Å²) in [4.78, 5) is 12.2. The van der Waals surface area contributed by atoms with Gasteiger partial charge in [0.25, 0.3) is 5.79 Å². The van der Waals surface area contributed by atoms with Crippen LogP contribution in [-0.2, 0) is 10.6 Å². The first-order chi connectivity index (χ1) is 9.13. The van der Waals surface area contributed by atoms with Crippen LogP contribution in [-0.4, -0.2) is 16.0 Å². The smallest absolute Gasteiger partial charge is 0.298 e. The van der Waals surface area contributed by atoms with Crippen LogP contribution < -0.4 is 4.74 Å². The molecule has 0 bridgehead atoms. The number of aliphatic hydroxyl groups excluding tert-OH is 1. The number of carbonyl (C=O) groups is 1. The number of rotatable bonds is 1. The lowest BCUT2D eigenvalue weighted by atomic mass is 9.91. The summed E-state index contributed by atoms with van der Waals surface area (Å²) in [5, 5.41) is 20.5. The third-order valence-electron chi connectivity index (χ3n) is 3.22. The zero-order valence-electron chi connectivity index (χ0n) is 9.98. The molecule has 2 atom stereocenters. The Morgan fingerprint density at radius 2 is 1.63 bits per heavy atom. The minimum atomic E-state index is -2.14. The van der Waals surface area contributed by atoms with E-state index >= 15 is 0 Å². The van der Waals surface area contributed by atoms with E-state index in [1.165, 1.54) is 0 Å². The quantitative estimate of drug-likeness (QED) is 0.812. The minimum Gasteiger partial charge on any atom is -0.450 e. The molecule has 0 radical (unpaired) electrons. The van der Waals surface area contributed by atoms with Gasteiger partial charge in [0, 0.05) is 11.1 Å². The molecule has 0 aliphatic carbocycles. The first-order valence-electron chi connectivity index (χ1n) is 5.91. The first-order valence-corrected chi connectivity index (χ1v) is 5.91. The van der Waals surface area contributed by atoms with Gasteiger partial charge in [-0.15, -0.1) is 0 Å². The van der Waals surface area contributed by atoms with Crippen LogP contribution in [0, 0.1) is 0 Å². The van der Waals surface area contributed by atoms with E-state index in [2.05, 4.69) is 0 Å². The largest absolute Gasteiger partial charge is 0.450 e. The van der Waals surface area contributed by atoms with E-state index in [0.717, 1.165) is 0 Å². The summed E-state index contributed by atoms with van der Waals surface area (Å²) < 4.78 is 5.43. The molecule has 2 unspecified atom stereocenters. The average Bonchev–Trinajstić information content (AvgIpc) is 2.46. The topological polar surface area (TPSA) is 66.8 Å². The van der Waals surface area contributed by atoms with Crippen LogP contribution in [0.5, 0.6) is 5.75 Å². The van der Waals surface area contributed by atoms with Gasteiger partial charge in [0.15, 0.2) is 0 Å². The van der Waals surface area contributed by atoms with Gasteiger partial charge in [0.05, 0.1) is 0 Å². The Hall–Kier alpha value is -2.17. The highest BCUT2D eigenvalue weighted by molar-refractivity contribution is 5.93. The zero-order chi connectivity index (χ0) is 13.5. The fourth-order valence-electron chi connectivity index (χ4n) is 2.20. The number of Topliss-reactive ketones (excluding diaryl/α,β-unsaturated/α-hetero) is 1. The van der Waals surface area contributed by atoms with Crippen molar-refractivity contribution in [3.63, 3.8) is 0 Å². The van der Waals surface area contributed by atoms with Crippen LogP contribution in [0.25, 0.3) is 0 Å². The van der Waals surface area contributed by atoms with Crippen molar-refractivity contribution in [2.45, 2.75) is 11.9 Å². The van der Waals surface area contributed by atoms with E-state index in [0.29, 0.717) is 16.9 Å². The molecule has 1 aliphatic rings. The van der Waals surface area contributed by atoms with Crippen molar-refractivity contribution in [3.05, 3.63) is 65.7 Å². The van der Waals surface area contributed by atoms with Gasteiger partial charge in [0.2, 0.25) is 5.78 Å². The van der Waals surface area contributed by atoms with E-state index in [-0.39, 0.29) is 0 Å². The van der Waals surface area contributed by atoms with E-state index < -0.39 is 17.7 Å². The number of carbonyl (C=O) groups excluding carboxylic acids is 1. The molecule has 19 heavy (non-hydrogen) atoms. The molecular formula is C15H12O4. The maximum Gasteiger partial charge on any atom is 0.298 e. The van der Waals surface area contributed by atoms with Crippen molar-refractivity contribution >= 4 is 5.78 Å². The Morgan fingerprint density at radius 3 is 2.37 bits per heavy atom. The van der Waals surface area contributed by atoms with Crippen LogP contribution in [0.2, 0.25) is 0 Å². The second kappa shape index (κ2) is 4.19. The molecule has 0 aromatic heterocycles. The van der Waals surface area contributed by atoms with Gasteiger partial charge in [-0.25, -0.2) is 0 Å². The standard InChI is InChI=1S/C15H12O4/c16-13-11-8-4-5-9-12(11)19-15(18,14(13)17)10-6-2-1-3-7-10/h1-9,13,16,18H. The Bertz CT molecular complexity index is 623. The second-order valence-corrected chi connectivity index (χ2v) is 4.42. The van der Waals surface area contributed by atoms with Crippen LogP contribution in [0.4, 0.5) is 0 Å². The summed E-state index contributed by atoms with van der Waals surface area (Å²) in [5.41, 5.74) is 0.668. The summed E-state index contributed by atoms with van der Waals surface area (Å²) in [6, 6.07) is 14.9. The number of benzene rings is 2. The molecule has 1 aliphatic heterocycles. The maximum atomic E-state index is 12.2. The highest BCUT2D eigenvalue weighted by Gasteiger charge is 2.49. The Labute approximate surface area is 109 Å². The van der Waals surface area contributed by atoms with Crippen molar-refractivity contribution < 1.29 is 19.7 Å². The lowest BCUT2D eigenvalue weighted by molar-refractivity contribution is -0.191. The molecule has 1 heterocycles. The number of ether oxygens (including phenoxy) is 1. The summed E-state index contributed by atoms with van der Waals surface area (Å²) >= 11 is 0. The van der Waals surface area contributed by atoms with Gasteiger partial charge in [-0.2, -0.15) is 0 Å². The van der Waals surface area contributed by atoms with Crippen molar-refractivity contribution in [2.75, 3.05) is 0 Å². The normalized spacial score (nSPS) is 25.6. The lowest BCUT2D eigenvalue weighted by Gasteiger charge is -2.35. The number of aliphatic hydroxyl groups is 2. The SMILES string of the molecule is O=C1C(O)c2ccccc2OC1(O)c1ccccc1. The van der Waals surface area contributed by atoms with Crippen molar-refractivity contribution in [1.82, 2.24) is 0 Å². The van der Waals surface area contributed by atoms with E-state index in [4.69, 9.17) is 4.74 Å². The van der Waals surface area contributed by atoms with Crippen LogP contribution >= 0.6 is 0 Å². The van der Waals surface area contributed by atoms with Gasteiger partial charge in [-0.05, 0) is 6.07 Å². The fourth-order valence-corrected chi connectivity index (χ4v) is 2.20. The van der Waals surface area contributed by atoms with Gasteiger partial charge < -0.3 is 14.9 Å². The predicted octanol–water partition coefficient (Wildman–Crippen LogP) is 1.53. The third kappa shape index (κ3) is 1.73. The van der Waals surface area contributed by atoms with Crippen molar-refractivity contribution in [1.29, 1.82) is 0 Å². The third-order valence-corrected chi connectivity index (χ3v) is 3.22. The van der Waals surface area contributed by atoms with E-state index in [1.807, 2.05) is 0 Å². The number of para-hydroxylation sites is 1. The number of fused-ring (bicyclic) bond motifs is 1.